The number of hydrogen-bond acceptors (Lipinski definition) is 1. The monoisotopic (exact) mass is 285 g/mol. The van der Waals surface area contributed by atoms with Gasteiger partial charge in [0.05, 0.1) is 6.61 Å². The second-order valence-electron chi connectivity index (χ2n) is 4.72. The van der Waals surface area contributed by atoms with E-state index in [-0.39, 0.29) is 0 Å². The van der Waals surface area contributed by atoms with Gasteiger partial charge >= 0.3 is 0 Å². The van der Waals surface area contributed by atoms with E-state index >= 15 is 0 Å². The number of aromatic nitrogens is 1. The molecule has 0 bridgehead atoms. The Morgan fingerprint density at radius 2 is 1.85 bits per heavy atom. The molecule has 0 aliphatic heterocycles. The molecule has 3 rings (SSSR count). The average molecular weight is 286 g/mol. The molecule has 3 aromatic rings. The summed E-state index contributed by atoms with van der Waals surface area (Å²) in [6, 6.07) is 16.3. The van der Waals surface area contributed by atoms with Crippen LogP contribution in [0.4, 0.5) is 0 Å². The van der Waals surface area contributed by atoms with Gasteiger partial charge in [0, 0.05) is 28.7 Å². The minimum atomic E-state index is 0.691. The smallest absolute Gasteiger partial charge is 0.120 e. The second-order valence-corrected chi connectivity index (χ2v) is 5.16. The first-order chi connectivity index (χ1) is 9.76. The maximum absolute atomic E-state index is 5.92. The highest BCUT2D eigenvalue weighted by Crippen LogP contribution is 2.23. The van der Waals surface area contributed by atoms with Crippen molar-refractivity contribution in [2.75, 3.05) is 6.61 Å². The highest BCUT2D eigenvalue weighted by molar-refractivity contribution is 6.30. The van der Waals surface area contributed by atoms with Gasteiger partial charge in [-0.2, -0.15) is 0 Å². The Bertz CT molecular complexity index is 715. The zero-order valence-electron chi connectivity index (χ0n) is 11.3. The number of nitrogens with zero attached hydrogens (tertiary/aromatic N) is 1. The van der Waals surface area contributed by atoms with Crippen molar-refractivity contribution in [3.63, 3.8) is 0 Å². The van der Waals surface area contributed by atoms with Crippen LogP contribution in [0.5, 0.6) is 5.75 Å². The number of halogens is 1. The first-order valence-corrected chi connectivity index (χ1v) is 7.10. The summed E-state index contributed by atoms with van der Waals surface area (Å²) >= 11 is 5.92. The van der Waals surface area contributed by atoms with Gasteiger partial charge in [0.25, 0.3) is 0 Å². The molecule has 0 atom stereocenters. The molecule has 1 heterocycles. The van der Waals surface area contributed by atoms with E-state index in [1.807, 2.05) is 25.1 Å². The van der Waals surface area contributed by atoms with E-state index in [0.29, 0.717) is 6.61 Å². The molecule has 20 heavy (non-hydrogen) atoms. The molecule has 0 unspecified atom stereocenters. The van der Waals surface area contributed by atoms with Crippen LogP contribution in [0.15, 0.2) is 54.7 Å². The van der Waals surface area contributed by atoms with Crippen LogP contribution in [-0.4, -0.2) is 11.2 Å². The molecule has 0 saturated carbocycles. The van der Waals surface area contributed by atoms with E-state index in [1.54, 1.807) is 0 Å². The quantitative estimate of drug-likeness (QED) is 0.675. The van der Waals surface area contributed by atoms with Crippen LogP contribution in [0.1, 0.15) is 12.5 Å². The molecular weight excluding hydrogens is 270 g/mol. The fourth-order valence-corrected chi connectivity index (χ4v) is 2.49. The molecule has 0 aliphatic carbocycles. The van der Waals surface area contributed by atoms with Gasteiger partial charge in [-0.05, 0) is 48.9 Å². The number of fused-ring (bicyclic) bond motifs is 1. The van der Waals surface area contributed by atoms with Crippen molar-refractivity contribution in [3.8, 4) is 5.75 Å². The Hall–Kier alpha value is -1.93. The molecule has 2 aromatic carbocycles. The van der Waals surface area contributed by atoms with Crippen LogP contribution in [-0.2, 0) is 6.54 Å². The Kier molecular flexibility index (Phi) is 3.66. The number of hydrogen-bond donors (Lipinski definition) is 0. The highest BCUT2D eigenvalue weighted by Gasteiger charge is 2.03. The summed E-state index contributed by atoms with van der Waals surface area (Å²) in [4.78, 5) is 0. The summed E-state index contributed by atoms with van der Waals surface area (Å²) in [5, 5.41) is 1.97. The Morgan fingerprint density at radius 1 is 1.05 bits per heavy atom. The molecule has 0 aliphatic rings. The molecule has 0 radical (unpaired) electrons. The molecule has 102 valence electrons. The van der Waals surface area contributed by atoms with Crippen molar-refractivity contribution >= 4 is 22.5 Å². The third-order valence-electron chi connectivity index (χ3n) is 3.32. The summed E-state index contributed by atoms with van der Waals surface area (Å²) in [7, 11) is 0. The van der Waals surface area contributed by atoms with Crippen molar-refractivity contribution in [1.29, 1.82) is 0 Å². The van der Waals surface area contributed by atoms with Gasteiger partial charge in [-0.25, -0.2) is 0 Å². The minimum absolute atomic E-state index is 0.691. The standard InChI is InChI=1S/C17H16ClNO/c1-2-20-16-7-8-17-14(11-16)9-10-19(17)12-13-3-5-15(18)6-4-13/h3-11H,2,12H2,1H3. The number of benzene rings is 2. The first-order valence-electron chi connectivity index (χ1n) is 6.72. The number of rotatable bonds is 4. The minimum Gasteiger partial charge on any atom is -0.494 e. The molecular formula is C17H16ClNO. The van der Waals surface area contributed by atoms with Gasteiger partial charge in [0.15, 0.2) is 0 Å². The third-order valence-corrected chi connectivity index (χ3v) is 3.57. The first kappa shape index (κ1) is 13.1. The average Bonchev–Trinajstić information content (AvgIpc) is 2.84. The highest BCUT2D eigenvalue weighted by atomic mass is 35.5. The molecule has 0 N–H and O–H groups in total. The van der Waals surface area contributed by atoms with E-state index in [0.717, 1.165) is 17.3 Å². The fourth-order valence-electron chi connectivity index (χ4n) is 2.36. The maximum atomic E-state index is 5.92. The van der Waals surface area contributed by atoms with Gasteiger partial charge in [-0.1, -0.05) is 23.7 Å². The Labute approximate surface area is 123 Å². The lowest BCUT2D eigenvalue weighted by molar-refractivity contribution is 0.340. The van der Waals surface area contributed by atoms with Crippen molar-refractivity contribution in [2.24, 2.45) is 0 Å². The second kappa shape index (κ2) is 5.59. The zero-order chi connectivity index (χ0) is 13.9. The summed E-state index contributed by atoms with van der Waals surface area (Å²) in [5.74, 6) is 0.921. The van der Waals surface area contributed by atoms with Crippen LogP contribution < -0.4 is 4.74 Å². The molecule has 1 aromatic heterocycles. The predicted molar refractivity (Wildman–Crippen MR) is 83.7 cm³/mol. The number of ether oxygens (including phenoxy) is 1. The van der Waals surface area contributed by atoms with E-state index in [4.69, 9.17) is 16.3 Å². The van der Waals surface area contributed by atoms with Crippen molar-refractivity contribution in [2.45, 2.75) is 13.5 Å². The zero-order valence-corrected chi connectivity index (χ0v) is 12.1. The SMILES string of the molecule is CCOc1ccc2c(ccn2Cc2ccc(Cl)cc2)c1. The largest absolute Gasteiger partial charge is 0.494 e. The lowest BCUT2D eigenvalue weighted by atomic mass is 10.2. The van der Waals surface area contributed by atoms with E-state index in [1.165, 1.54) is 16.5 Å². The van der Waals surface area contributed by atoms with Gasteiger partial charge in [0.1, 0.15) is 5.75 Å². The lowest BCUT2D eigenvalue weighted by Crippen LogP contribution is -1.97. The summed E-state index contributed by atoms with van der Waals surface area (Å²) in [6.07, 6.45) is 2.11. The van der Waals surface area contributed by atoms with Crippen LogP contribution >= 0.6 is 11.6 Å². The van der Waals surface area contributed by atoms with Gasteiger partial charge in [0.2, 0.25) is 0 Å². The van der Waals surface area contributed by atoms with Gasteiger partial charge < -0.3 is 9.30 Å². The normalized spacial score (nSPS) is 10.9. The van der Waals surface area contributed by atoms with Crippen molar-refractivity contribution in [3.05, 3.63) is 65.3 Å². The Morgan fingerprint density at radius 3 is 2.60 bits per heavy atom. The molecule has 2 nitrogen and oxygen atoms in total. The van der Waals surface area contributed by atoms with Crippen LogP contribution in [0, 0.1) is 0 Å². The maximum Gasteiger partial charge on any atom is 0.120 e. The summed E-state index contributed by atoms with van der Waals surface area (Å²) in [5.41, 5.74) is 2.45. The van der Waals surface area contributed by atoms with Crippen LogP contribution in [0.25, 0.3) is 10.9 Å². The molecule has 0 fully saturated rings. The van der Waals surface area contributed by atoms with Gasteiger partial charge in [-0.3, -0.25) is 0 Å². The third kappa shape index (κ3) is 2.66. The van der Waals surface area contributed by atoms with Crippen molar-refractivity contribution in [1.82, 2.24) is 4.57 Å². The Balaban J connectivity index is 1.90. The molecule has 0 saturated heterocycles. The van der Waals surface area contributed by atoms with E-state index in [2.05, 4.69) is 41.1 Å². The summed E-state index contributed by atoms with van der Waals surface area (Å²) < 4.78 is 7.76. The van der Waals surface area contributed by atoms with Crippen LogP contribution in [0.2, 0.25) is 5.02 Å². The van der Waals surface area contributed by atoms with Crippen LogP contribution in [0.3, 0.4) is 0 Å². The topological polar surface area (TPSA) is 14.2 Å². The summed E-state index contributed by atoms with van der Waals surface area (Å²) in [6.45, 7) is 3.53. The van der Waals surface area contributed by atoms with Crippen molar-refractivity contribution < 1.29 is 4.74 Å². The predicted octanol–water partition coefficient (Wildman–Crippen LogP) is 4.74. The molecule has 0 spiro atoms. The van der Waals surface area contributed by atoms with E-state index < -0.39 is 0 Å². The molecule has 0 amide bonds. The molecule has 3 heteroatoms. The fraction of sp³-hybridized carbons (Fsp3) is 0.176. The lowest BCUT2D eigenvalue weighted by Gasteiger charge is -2.07. The van der Waals surface area contributed by atoms with Gasteiger partial charge in [-0.15, -0.1) is 0 Å². The van der Waals surface area contributed by atoms with E-state index in [9.17, 15) is 0 Å².